The summed E-state index contributed by atoms with van der Waals surface area (Å²) in [5, 5.41) is 3.43. The van der Waals surface area contributed by atoms with E-state index in [-0.39, 0.29) is 12.3 Å². The molecule has 1 unspecified atom stereocenters. The van der Waals surface area contributed by atoms with Crippen LogP contribution in [0.2, 0.25) is 0 Å². The van der Waals surface area contributed by atoms with E-state index in [1.807, 2.05) is 24.3 Å². The average Bonchev–Trinajstić information content (AvgIpc) is 2.42. The maximum Gasteiger partial charge on any atom is 0.220 e. The van der Waals surface area contributed by atoms with E-state index in [4.69, 9.17) is 15.2 Å². The van der Waals surface area contributed by atoms with Crippen LogP contribution in [0, 0.1) is 0 Å². The molecule has 0 aromatic heterocycles. The molecule has 1 aliphatic rings. The molecular weight excluding hydrogens is 244 g/mol. The Kier molecular flexibility index (Phi) is 5.03. The standard InChI is InChI=1S/C14H20N2O3/c15-14(17)7-9-19-13-5-3-11(4-6-13)16-12-2-1-8-18-10-12/h3-6,12,16H,1-2,7-10H2,(H2,15,17). The Morgan fingerprint density at radius 3 is 2.84 bits per heavy atom. The molecule has 5 heteroatoms. The second kappa shape index (κ2) is 6.99. The van der Waals surface area contributed by atoms with Gasteiger partial charge in [0.25, 0.3) is 0 Å². The van der Waals surface area contributed by atoms with E-state index in [1.165, 1.54) is 0 Å². The van der Waals surface area contributed by atoms with E-state index >= 15 is 0 Å². The predicted molar refractivity (Wildman–Crippen MR) is 73.2 cm³/mol. The van der Waals surface area contributed by atoms with Crippen molar-refractivity contribution in [2.75, 3.05) is 25.1 Å². The van der Waals surface area contributed by atoms with Gasteiger partial charge < -0.3 is 20.5 Å². The van der Waals surface area contributed by atoms with Gasteiger partial charge in [0.05, 0.1) is 19.6 Å². The van der Waals surface area contributed by atoms with Gasteiger partial charge in [-0.2, -0.15) is 0 Å². The summed E-state index contributed by atoms with van der Waals surface area (Å²) in [6, 6.07) is 8.08. The highest BCUT2D eigenvalue weighted by Gasteiger charge is 2.13. The molecule has 1 aliphatic heterocycles. The number of benzene rings is 1. The SMILES string of the molecule is NC(=O)CCOc1ccc(NC2CCCOC2)cc1. The quantitative estimate of drug-likeness (QED) is 0.817. The van der Waals surface area contributed by atoms with E-state index in [9.17, 15) is 4.79 Å². The molecule has 1 amide bonds. The molecule has 1 saturated heterocycles. The lowest BCUT2D eigenvalue weighted by Crippen LogP contribution is -2.29. The molecule has 0 bridgehead atoms. The minimum Gasteiger partial charge on any atom is -0.493 e. The minimum absolute atomic E-state index is 0.236. The van der Waals surface area contributed by atoms with Crippen LogP contribution >= 0.6 is 0 Å². The highest BCUT2D eigenvalue weighted by Crippen LogP contribution is 2.18. The lowest BCUT2D eigenvalue weighted by molar-refractivity contribution is -0.118. The number of nitrogens with one attached hydrogen (secondary N) is 1. The third-order valence-electron chi connectivity index (χ3n) is 3.00. The smallest absolute Gasteiger partial charge is 0.220 e. The molecule has 1 heterocycles. The number of hydrogen-bond acceptors (Lipinski definition) is 4. The first kappa shape index (κ1) is 13.7. The van der Waals surface area contributed by atoms with Crippen LogP contribution in [0.4, 0.5) is 5.69 Å². The fourth-order valence-electron chi connectivity index (χ4n) is 2.01. The minimum atomic E-state index is -0.351. The van der Waals surface area contributed by atoms with Gasteiger partial charge in [-0.15, -0.1) is 0 Å². The summed E-state index contributed by atoms with van der Waals surface area (Å²) in [4.78, 5) is 10.6. The number of anilines is 1. The number of primary amides is 1. The van der Waals surface area contributed by atoms with Crippen LogP contribution in [0.3, 0.4) is 0 Å². The van der Waals surface area contributed by atoms with Crippen LogP contribution in [0.5, 0.6) is 5.75 Å². The highest BCUT2D eigenvalue weighted by molar-refractivity contribution is 5.73. The molecule has 2 rings (SSSR count). The van der Waals surface area contributed by atoms with Crippen LogP contribution in [-0.2, 0) is 9.53 Å². The van der Waals surface area contributed by atoms with Gasteiger partial charge in [0.2, 0.25) is 5.91 Å². The zero-order valence-corrected chi connectivity index (χ0v) is 10.9. The van der Waals surface area contributed by atoms with Gasteiger partial charge in [-0.1, -0.05) is 0 Å². The molecule has 0 radical (unpaired) electrons. The van der Waals surface area contributed by atoms with Crippen molar-refractivity contribution < 1.29 is 14.3 Å². The summed E-state index contributed by atoms with van der Waals surface area (Å²) in [6.07, 6.45) is 2.47. The summed E-state index contributed by atoms with van der Waals surface area (Å²) < 4.78 is 10.8. The van der Waals surface area contributed by atoms with Gasteiger partial charge in [0, 0.05) is 18.3 Å². The first-order chi connectivity index (χ1) is 9.24. The zero-order valence-electron chi connectivity index (χ0n) is 10.9. The Balaban J connectivity index is 1.78. The Morgan fingerprint density at radius 2 is 2.21 bits per heavy atom. The summed E-state index contributed by atoms with van der Waals surface area (Å²) in [5.41, 5.74) is 6.10. The number of amides is 1. The van der Waals surface area contributed by atoms with E-state index in [0.717, 1.165) is 37.5 Å². The molecular formula is C14H20N2O3. The molecule has 0 spiro atoms. The monoisotopic (exact) mass is 264 g/mol. The van der Waals surface area contributed by atoms with Crippen LogP contribution < -0.4 is 15.8 Å². The van der Waals surface area contributed by atoms with Crippen molar-refractivity contribution in [1.29, 1.82) is 0 Å². The van der Waals surface area contributed by atoms with Crippen LogP contribution in [0.1, 0.15) is 19.3 Å². The van der Waals surface area contributed by atoms with Crippen LogP contribution in [-0.4, -0.2) is 31.8 Å². The molecule has 19 heavy (non-hydrogen) atoms. The third-order valence-corrected chi connectivity index (χ3v) is 3.00. The lowest BCUT2D eigenvalue weighted by Gasteiger charge is -2.24. The maximum atomic E-state index is 10.6. The van der Waals surface area contributed by atoms with Gasteiger partial charge in [0.15, 0.2) is 0 Å². The largest absolute Gasteiger partial charge is 0.493 e. The fourth-order valence-corrected chi connectivity index (χ4v) is 2.01. The van der Waals surface area contributed by atoms with E-state index in [1.54, 1.807) is 0 Å². The van der Waals surface area contributed by atoms with Gasteiger partial charge in [-0.05, 0) is 37.1 Å². The fraction of sp³-hybridized carbons (Fsp3) is 0.500. The van der Waals surface area contributed by atoms with Crippen LogP contribution in [0.15, 0.2) is 24.3 Å². The Hall–Kier alpha value is -1.75. The first-order valence-corrected chi connectivity index (χ1v) is 6.59. The molecule has 0 saturated carbocycles. The number of carbonyl (C=O) groups is 1. The molecule has 1 aromatic carbocycles. The summed E-state index contributed by atoms with van der Waals surface area (Å²) >= 11 is 0. The van der Waals surface area contributed by atoms with Crippen molar-refractivity contribution >= 4 is 11.6 Å². The predicted octanol–water partition coefficient (Wildman–Crippen LogP) is 1.53. The Morgan fingerprint density at radius 1 is 1.42 bits per heavy atom. The summed E-state index contributed by atoms with van der Waals surface area (Å²) in [7, 11) is 0. The third kappa shape index (κ3) is 4.79. The topological polar surface area (TPSA) is 73.6 Å². The molecule has 1 atom stereocenters. The van der Waals surface area contributed by atoms with Crippen molar-refractivity contribution in [1.82, 2.24) is 0 Å². The van der Waals surface area contributed by atoms with Crippen molar-refractivity contribution in [3.63, 3.8) is 0 Å². The molecule has 5 nitrogen and oxygen atoms in total. The average molecular weight is 264 g/mol. The van der Waals surface area contributed by atoms with Crippen molar-refractivity contribution in [2.45, 2.75) is 25.3 Å². The van der Waals surface area contributed by atoms with E-state index in [2.05, 4.69) is 5.32 Å². The number of nitrogens with two attached hydrogens (primary N) is 1. The van der Waals surface area contributed by atoms with Gasteiger partial charge in [-0.25, -0.2) is 0 Å². The maximum absolute atomic E-state index is 10.6. The van der Waals surface area contributed by atoms with Gasteiger partial charge in [-0.3, -0.25) is 4.79 Å². The van der Waals surface area contributed by atoms with Crippen molar-refractivity contribution in [3.8, 4) is 5.75 Å². The molecule has 1 aromatic rings. The number of ether oxygens (including phenoxy) is 2. The highest BCUT2D eigenvalue weighted by atomic mass is 16.5. The van der Waals surface area contributed by atoms with E-state index in [0.29, 0.717) is 12.6 Å². The number of hydrogen-bond donors (Lipinski definition) is 2. The molecule has 0 aliphatic carbocycles. The normalized spacial score (nSPS) is 18.8. The summed E-state index contributed by atoms with van der Waals surface area (Å²) in [6.45, 7) is 1.94. The van der Waals surface area contributed by atoms with Crippen molar-refractivity contribution in [3.05, 3.63) is 24.3 Å². The number of rotatable bonds is 6. The number of carbonyl (C=O) groups excluding carboxylic acids is 1. The van der Waals surface area contributed by atoms with Crippen LogP contribution in [0.25, 0.3) is 0 Å². The Bertz CT molecular complexity index is 400. The van der Waals surface area contributed by atoms with Gasteiger partial charge in [0.1, 0.15) is 5.75 Å². The second-order valence-electron chi connectivity index (χ2n) is 4.65. The Labute approximate surface area is 113 Å². The molecule has 3 N–H and O–H groups in total. The lowest BCUT2D eigenvalue weighted by atomic mass is 10.1. The first-order valence-electron chi connectivity index (χ1n) is 6.59. The molecule has 1 fully saturated rings. The molecule has 104 valence electrons. The van der Waals surface area contributed by atoms with Gasteiger partial charge >= 0.3 is 0 Å². The van der Waals surface area contributed by atoms with E-state index < -0.39 is 0 Å². The van der Waals surface area contributed by atoms with Crippen molar-refractivity contribution in [2.24, 2.45) is 5.73 Å². The zero-order chi connectivity index (χ0) is 13.5. The second-order valence-corrected chi connectivity index (χ2v) is 4.65. The summed E-state index contributed by atoms with van der Waals surface area (Å²) in [5.74, 6) is 0.391.